The fraction of sp³-hybridized carbons (Fsp3) is 0.929. The lowest BCUT2D eigenvalue weighted by Crippen LogP contribution is -2.55. The normalized spacial score (nSPS) is 26.6. The van der Waals surface area contributed by atoms with Crippen LogP contribution in [-0.2, 0) is 0 Å². The van der Waals surface area contributed by atoms with Gasteiger partial charge in [0.1, 0.15) is 5.54 Å². The molecule has 1 N–H and O–H groups in total. The largest absolute Gasteiger partial charge is 0.305 e. The number of nitrogens with zero attached hydrogens (tertiary/aromatic N) is 3. The molecule has 2 unspecified atom stereocenters. The monoisotopic (exact) mass is 252 g/mol. The molecule has 1 rings (SSSR count). The van der Waals surface area contributed by atoms with Gasteiger partial charge in [-0.15, -0.1) is 0 Å². The molecular formula is C14H28N4. The summed E-state index contributed by atoms with van der Waals surface area (Å²) in [5.74, 6) is 0. The van der Waals surface area contributed by atoms with E-state index in [-0.39, 0.29) is 0 Å². The van der Waals surface area contributed by atoms with E-state index in [1.165, 1.54) is 6.42 Å². The van der Waals surface area contributed by atoms with Crippen molar-refractivity contribution in [3.8, 4) is 6.07 Å². The summed E-state index contributed by atoms with van der Waals surface area (Å²) in [6.07, 6.45) is 1.18. The van der Waals surface area contributed by atoms with Gasteiger partial charge in [0.2, 0.25) is 0 Å². The van der Waals surface area contributed by atoms with Crippen LogP contribution in [-0.4, -0.2) is 60.6 Å². The molecule has 1 saturated heterocycles. The lowest BCUT2D eigenvalue weighted by molar-refractivity contribution is 0.164. The van der Waals surface area contributed by atoms with Gasteiger partial charge in [0.15, 0.2) is 0 Å². The number of nitriles is 1. The van der Waals surface area contributed by atoms with Crippen LogP contribution in [0.2, 0.25) is 0 Å². The van der Waals surface area contributed by atoms with Crippen molar-refractivity contribution >= 4 is 0 Å². The second-order valence-electron chi connectivity index (χ2n) is 6.18. The molecule has 0 amide bonds. The highest BCUT2D eigenvalue weighted by Crippen LogP contribution is 2.14. The van der Waals surface area contributed by atoms with Crippen molar-refractivity contribution in [2.24, 2.45) is 0 Å². The average Bonchev–Trinajstić information content (AvgIpc) is 2.40. The smallest absolute Gasteiger partial charge is 0.116 e. The van der Waals surface area contributed by atoms with Crippen LogP contribution in [0.5, 0.6) is 0 Å². The fourth-order valence-electron chi connectivity index (χ4n) is 2.81. The van der Waals surface area contributed by atoms with Crippen molar-refractivity contribution in [2.45, 2.75) is 51.7 Å². The summed E-state index contributed by atoms with van der Waals surface area (Å²) in [5, 5.41) is 12.8. The molecule has 0 aromatic heterocycles. The second kappa shape index (κ2) is 6.51. The van der Waals surface area contributed by atoms with Gasteiger partial charge in [0, 0.05) is 25.2 Å². The number of nitrogens with one attached hydrogen (secondary N) is 1. The Morgan fingerprint density at radius 2 is 2.11 bits per heavy atom. The van der Waals surface area contributed by atoms with Crippen LogP contribution in [0.15, 0.2) is 0 Å². The molecule has 0 radical (unpaired) electrons. The molecule has 0 aliphatic carbocycles. The Kier molecular flexibility index (Phi) is 5.58. The molecular weight excluding hydrogens is 224 g/mol. The van der Waals surface area contributed by atoms with E-state index in [4.69, 9.17) is 0 Å². The Labute approximate surface area is 112 Å². The van der Waals surface area contributed by atoms with Crippen LogP contribution in [0.3, 0.4) is 0 Å². The average molecular weight is 252 g/mol. The maximum Gasteiger partial charge on any atom is 0.116 e. The Morgan fingerprint density at radius 1 is 1.44 bits per heavy atom. The van der Waals surface area contributed by atoms with Crippen molar-refractivity contribution < 1.29 is 0 Å². The zero-order valence-corrected chi connectivity index (χ0v) is 12.5. The summed E-state index contributed by atoms with van der Waals surface area (Å²) < 4.78 is 0. The lowest BCUT2D eigenvalue weighted by Gasteiger charge is -2.35. The highest BCUT2D eigenvalue weighted by molar-refractivity contribution is 5.07. The number of hydrogen-bond donors (Lipinski definition) is 1. The lowest BCUT2D eigenvalue weighted by atomic mass is 10.0. The van der Waals surface area contributed by atoms with Gasteiger partial charge in [-0.25, -0.2) is 0 Å². The van der Waals surface area contributed by atoms with E-state index < -0.39 is 5.54 Å². The second-order valence-corrected chi connectivity index (χ2v) is 6.18. The van der Waals surface area contributed by atoms with E-state index in [1.54, 1.807) is 0 Å². The van der Waals surface area contributed by atoms with Crippen LogP contribution in [0, 0.1) is 11.3 Å². The minimum absolute atomic E-state index is 0.333. The van der Waals surface area contributed by atoms with Gasteiger partial charge in [0.25, 0.3) is 0 Å². The Balaban J connectivity index is 2.66. The number of rotatable bonds is 4. The molecule has 1 heterocycles. The van der Waals surface area contributed by atoms with Crippen molar-refractivity contribution in [2.75, 3.05) is 33.2 Å². The molecule has 1 aliphatic heterocycles. The topological polar surface area (TPSA) is 42.3 Å². The van der Waals surface area contributed by atoms with E-state index in [0.29, 0.717) is 12.1 Å². The third-order valence-corrected chi connectivity index (χ3v) is 3.56. The molecule has 4 heteroatoms. The first-order valence-corrected chi connectivity index (χ1v) is 6.98. The van der Waals surface area contributed by atoms with Crippen LogP contribution < -0.4 is 5.32 Å². The van der Waals surface area contributed by atoms with E-state index in [1.807, 2.05) is 6.92 Å². The van der Waals surface area contributed by atoms with Gasteiger partial charge in [0.05, 0.1) is 6.07 Å². The standard InChI is InChI=1S/C14H28N4/c1-12(2)16-14(4,10-15)11-18-8-6-7-17(5)9-13(18)3/h12-13,16H,6-9,11H2,1-5H3. The minimum atomic E-state index is -0.453. The van der Waals surface area contributed by atoms with Gasteiger partial charge in [-0.05, 0) is 54.3 Å². The van der Waals surface area contributed by atoms with Crippen LogP contribution >= 0.6 is 0 Å². The maximum absolute atomic E-state index is 9.42. The molecule has 2 atom stereocenters. The zero-order valence-electron chi connectivity index (χ0n) is 12.5. The molecule has 0 spiro atoms. The predicted octanol–water partition coefficient (Wildman–Crippen LogP) is 1.29. The van der Waals surface area contributed by atoms with Gasteiger partial charge in [-0.1, -0.05) is 0 Å². The van der Waals surface area contributed by atoms with E-state index in [9.17, 15) is 5.26 Å². The maximum atomic E-state index is 9.42. The zero-order chi connectivity index (χ0) is 13.8. The molecule has 0 aromatic rings. The quantitative estimate of drug-likeness (QED) is 0.819. The summed E-state index contributed by atoms with van der Waals surface area (Å²) in [7, 11) is 2.18. The highest BCUT2D eigenvalue weighted by atomic mass is 15.2. The van der Waals surface area contributed by atoms with Crippen molar-refractivity contribution in [3.63, 3.8) is 0 Å². The highest BCUT2D eigenvalue weighted by Gasteiger charge is 2.30. The first-order chi connectivity index (χ1) is 8.36. The molecule has 1 fully saturated rings. The summed E-state index contributed by atoms with van der Waals surface area (Å²) in [6.45, 7) is 12.6. The van der Waals surface area contributed by atoms with Gasteiger partial charge in [-0.3, -0.25) is 10.2 Å². The SMILES string of the molecule is CC(C)NC(C)(C#N)CN1CCCN(C)CC1C. The summed E-state index contributed by atoms with van der Waals surface area (Å²) in [6, 6.07) is 3.29. The van der Waals surface area contributed by atoms with Crippen molar-refractivity contribution in [1.29, 1.82) is 5.26 Å². The van der Waals surface area contributed by atoms with Crippen molar-refractivity contribution in [1.82, 2.24) is 15.1 Å². The molecule has 0 saturated carbocycles. The molecule has 104 valence electrons. The first kappa shape index (κ1) is 15.4. The molecule has 1 aliphatic rings. The van der Waals surface area contributed by atoms with Gasteiger partial charge in [-0.2, -0.15) is 5.26 Å². The van der Waals surface area contributed by atoms with Crippen LogP contribution in [0.4, 0.5) is 0 Å². The molecule has 18 heavy (non-hydrogen) atoms. The third kappa shape index (κ3) is 4.56. The Morgan fingerprint density at radius 3 is 2.67 bits per heavy atom. The summed E-state index contributed by atoms with van der Waals surface area (Å²) in [4.78, 5) is 4.83. The molecule has 0 bridgehead atoms. The van der Waals surface area contributed by atoms with E-state index >= 15 is 0 Å². The Bertz CT molecular complexity index is 297. The van der Waals surface area contributed by atoms with Gasteiger partial charge >= 0.3 is 0 Å². The van der Waals surface area contributed by atoms with Crippen molar-refractivity contribution in [3.05, 3.63) is 0 Å². The molecule has 4 nitrogen and oxygen atoms in total. The Hall–Kier alpha value is -0.630. The number of likely N-dealkylation sites (N-methyl/N-ethyl adjacent to an activating group) is 1. The fourth-order valence-corrected chi connectivity index (χ4v) is 2.81. The predicted molar refractivity (Wildman–Crippen MR) is 75.4 cm³/mol. The van der Waals surface area contributed by atoms with E-state index in [2.05, 4.69) is 49.0 Å². The first-order valence-electron chi connectivity index (χ1n) is 6.98. The van der Waals surface area contributed by atoms with Gasteiger partial charge < -0.3 is 4.90 Å². The number of hydrogen-bond acceptors (Lipinski definition) is 4. The third-order valence-electron chi connectivity index (χ3n) is 3.56. The van der Waals surface area contributed by atoms with E-state index in [0.717, 1.165) is 26.2 Å². The van der Waals surface area contributed by atoms with Crippen LogP contribution in [0.1, 0.15) is 34.1 Å². The minimum Gasteiger partial charge on any atom is -0.305 e. The van der Waals surface area contributed by atoms with Crippen LogP contribution in [0.25, 0.3) is 0 Å². The summed E-state index contributed by atoms with van der Waals surface area (Å²) >= 11 is 0. The summed E-state index contributed by atoms with van der Waals surface area (Å²) in [5.41, 5.74) is -0.453. The molecule has 0 aromatic carbocycles.